The Morgan fingerprint density at radius 1 is 0.968 bits per heavy atom. The predicted octanol–water partition coefficient (Wildman–Crippen LogP) is 3.25. The van der Waals surface area contributed by atoms with Crippen LogP contribution in [0, 0.1) is 6.92 Å². The number of benzene rings is 1. The number of sulfonamides is 1. The highest BCUT2D eigenvalue weighted by molar-refractivity contribution is 7.89. The van der Waals surface area contributed by atoms with Gasteiger partial charge in [0.15, 0.2) is 5.76 Å². The van der Waals surface area contributed by atoms with Crippen LogP contribution in [0.5, 0.6) is 0 Å². The zero-order valence-electron chi connectivity index (χ0n) is 17.6. The van der Waals surface area contributed by atoms with Crippen LogP contribution in [-0.2, 0) is 10.0 Å². The standard InChI is InChI=1S/C22H27N3O5S/c1-16-20(31(28,29)25-13-7-8-14-25)15-19(30-16)21(26)23-18-10-4-3-9-17(18)22(27)24-11-5-2-6-12-24/h3-4,9-10,15H,2,5-8,11-14H2,1H3,(H,23,26). The highest BCUT2D eigenvalue weighted by Gasteiger charge is 2.32. The zero-order valence-corrected chi connectivity index (χ0v) is 18.4. The van der Waals surface area contributed by atoms with Crippen molar-refractivity contribution in [2.45, 2.75) is 43.9 Å². The average Bonchev–Trinajstić information content (AvgIpc) is 3.45. The van der Waals surface area contributed by atoms with Gasteiger partial charge in [-0.3, -0.25) is 9.59 Å². The maximum Gasteiger partial charge on any atom is 0.291 e. The Hall–Kier alpha value is -2.65. The second kappa shape index (κ2) is 8.84. The molecule has 0 spiro atoms. The lowest BCUT2D eigenvalue weighted by Gasteiger charge is -2.27. The number of piperidine rings is 1. The van der Waals surface area contributed by atoms with Gasteiger partial charge < -0.3 is 14.6 Å². The summed E-state index contributed by atoms with van der Waals surface area (Å²) in [5.41, 5.74) is 0.784. The molecule has 166 valence electrons. The predicted molar refractivity (Wildman–Crippen MR) is 116 cm³/mol. The lowest BCUT2D eigenvalue weighted by molar-refractivity contribution is 0.0725. The molecule has 0 aliphatic carbocycles. The first-order chi connectivity index (χ1) is 14.9. The Morgan fingerprint density at radius 3 is 2.32 bits per heavy atom. The van der Waals surface area contributed by atoms with Gasteiger partial charge >= 0.3 is 0 Å². The van der Waals surface area contributed by atoms with Gasteiger partial charge in [-0.05, 0) is 51.2 Å². The molecule has 2 amide bonds. The molecule has 2 fully saturated rings. The van der Waals surface area contributed by atoms with E-state index in [1.54, 1.807) is 29.2 Å². The van der Waals surface area contributed by atoms with Crippen LogP contribution >= 0.6 is 0 Å². The minimum Gasteiger partial charge on any atom is -0.455 e. The van der Waals surface area contributed by atoms with E-state index in [2.05, 4.69) is 5.32 Å². The zero-order chi connectivity index (χ0) is 22.0. The first-order valence-corrected chi connectivity index (χ1v) is 12.1. The normalized spacial score (nSPS) is 17.6. The number of aryl methyl sites for hydroxylation is 1. The summed E-state index contributed by atoms with van der Waals surface area (Å²) in [6, 6.07) is 8.10. The van der Waals surface area contributed by atoms with Gasteiger partial charge in [-0.15, -0.1) is 0 Å². The fraction of sp³-hybridized carbons (Fsp3) is 0.455. The van der Waals surface area contributed by atoms with Crippen molar-refractivity contribution < 1.29 is 22.4 Å². The van der Waals surface area contributed by atoms with Crippen molar-refractivity contribution >= 4 is 27.5 Å². The molecule has 0 atom stereocenters. The number of hydrogen-bond donors (Lipinski definition) is 1. The van der Waals surface area contributed by atoms with E-state index in [4.69, 9.17) is 4.42 Å². The van der Waals surface area contributed by atoms with Crippen molar-refractivity contribution in [1.82, 2.24) is 9.21 Å². The van der Waals surface area contributed by atoms with Crippen LogP contribution in [0.25, 0.3) is 0 Å². The van der Waals surface area contributed by atoms with Gasteiger partial charge in [0.1, 0.15) is 10.7 Å². The number of anilines is 1. The topological polar surface area (TPSA) is 99.9 Å². The minimum absolute atomic E-state index is 0.0113. The van der Waals surface area contributed by atoms with Crippen LogP contribution in [0.1, 0.15) is 58.8 Å². The molecule has 1 N–H and O–H groups in total. The smallest absolute Gasteiger partial charge is 0.291 e. The van der Waals surface area contributed by atoms with E-state index in [-0.39, 0.29) is 22.3 Å². The number of rotatable bonds is 5. The summed E-state index contributed by atoms with van der Waals surface area (Å²) >= 11 is 0. The highest BCUT2D eigenvalue weighted by atomic mass is 32.2. The molecule has 1 aromatic carbocycles. The van der Waals surface area contributed by atoms with Gasteiger partial charge in [0, 0.05) is 32.2 Å². The van der Waals surface area contributed by atoms with Crippen LogP contribution in [0.2, 0.25) is 0 Å². The molecule has 1 aromatic heterocycles. The Bertz CT molecular complexity index is 1080. The number of nitrogens with zero attached hydrogens (tertiary/aromatic N) is 2. The maximum atomic E-state index is 12.9. The lowest BCUT2D eigenvalue weighted by atomic mass is 10.1. The first kappa shape index (κ1) is 21.6. The Morgan fingerprint density at radius 2 is 1.61 bits per heavy atom. The van der Waals surface area contributed by atoms with Crippen LogP contribution in [0.3, 0.4) is 0 Å². The molecule has 2 saturated heterocycles. The van der Waals surface area contributed by atoms with E-state index < -0.39 is 15.9 Å². The largest absolute Gasteiger partial charge is 0.455 e. The molecule has 4 rings (SSSR count). The fourth-order valence-corrected chi connectivity index (χ4v) is 5.81. The minimum atomic E-state index is -3.69. The van der Waals surface area contributed by atoms with Gasteiger partial charge in [0.2, 0.25) is 10.0 Å². The summed E-state index contributed by atoms with van der Waals surface area (Å²) < 4.78 is 32.6. The third kappa shape index (κ3) is 4.38. The third-order valence-corrected chi connectivity index (χ3v) is 7.83. The monoisotopic (exact) mass is 445 g/mol. The van der Waals surface area contributed by atoms with Crippen molar-refractivity contribution in [3.05, 3.63) is 47.4 Å². The highest BCUT2D eigenvalue weighted by Crippen LogP contribution is 2.27. The average molecular weight is 446 g/mol. The van der Waals surface area contributed by atoms with E-state index in [1.807, 2.05) is 0 Å². The van der Waals surface area contributed by atoms with E-state index in [9.17, 15) is 18.0 Å². The van der Waals surface area contributed by atoms with Crippen LogP contribution in [0.4, 0.5) is 5.69 Å². The quantitative estimate of drug-likeness (QED) is 0.762. The summed E-state index contributed by atoms with van der Waals surface area (Å²) in [5.74, 6) is -0.640. The summed E-state index contributed by atoms with van der Waals surface area (Å²) in [6.07, 6.45) is 4.71. The fourth-order valence-electron chi connectivity index (χ4n) is 4.13. The maximum absolute atomic E-state index is 12.9. The number of hydrogen-bond acceptors (Lipinski definition) is 5. The van der Waals surface area contributed by atoms with Crippen molar-refractivity contribution in [2.24, 2.45) is 0 Å². The molecule has 0 radical (unpaired) electrons. The molecule has 2 aliphatic rings. The van der Waals surface area contributed by atoms with E-state index in [1.165, 1.54) is 17.3 Å². The molecule has 0 bridgehead atoms. The number of para-hydroxylation sites is 1. The van der Waals surface area contributed by atoms with Crippen molar-refractivity contribution in [1.29, 1.82) is 0 Å². The molecule has 8 nitrogen and oxygen atoms in total. The van der Waals surface area contributed by atoms with Gasteiger partial charge in [0.05, 0.1) is 11.3 Å². The molecule has 31 heavy (non-hydrogen) atoms. The number of carbonyl (C=O) groups excluding carboxylic acids is 2. The molecule has 3 heterocycles. The molecular formula is C22H27N3O5S. The molecule has 9 heteroatoms. The van der Waals surface area contributed by atoms with Crippen LogP contribution in [0.15, 0.2) is 39.6 Å². The summed E-state index contributed by atoms with van der Waals surface area (Å²) in [5, 5.41) is 2.72. The van der Waals surface area contributed by atoms with Gasteiger partial charge in [-0.2, -0.15) is 4.31 Å². The van der Waals surface area contributed by atoms with Crippen molar-refractivity contribution in [3.8, 4) is 0 Å². The number of nitrogens with one attached hydrogen (secondary N) is 1. The Balaban J connectivity index is 1.55. The van der Waals surface area contributed by atoms with E-state index in [0.717, 1.165) is 32.1 Å². The van der Waals surface area contributed by atoms with E-state index in [0.29, 0.717) is 37.4 Å². The first-order valence-electron chi connectivity index (χ1n) is 10.7. The molecule has 0 unspecified atom stereocenters. The molecular weight excluding hydrogens is 418 g/mol. The Labute approximate surface area is 182 Å². The van der Waals surface area contributed by atoms with Gasteiger partial charge in [0.25, 0.3) is 11.8 Å². The molecule has 2 aromatic rings. The van der Waals surface area contributed by atoms with Gasteiger partial charge in [-0.1, -0.05) is 12.1 Å². The number of amides is 2. The second-order valence-corrected chi connectivity index (χ2v) is 9.90. The third-order valence-electron chi connectivity index (χ3n) is 5.83. The van der Waals surface area contributed by atoms with Gasteiger partial charge in [-0.25, -0.2) is 8.42 Å². The number of likely N-dealkylation sites (tertiary alicyclic amines) is 1. The van der Waals surface area contributed by atoms with Crippen molar-refractivity contribution in [3.63, 3.8) is 0 Å². The number of furan rings is 1. The lowest BCUT2D eigenvalue weighted by Crippen LogP contribution is -2.36. The second-order valence-electron chi connectivity index (χ2n) is 7.99. The summed E-state index contributed by atoms with van der Waals surface area (Å²) in [6.45, 7) is 3.89. The number of carbonyl (C=O) groups is 2. The summed E-state index contributed by atoms with van der Waals surface area (Å²) in [4.78, 5) is 27.6. The molecule has 2 aliphatic heterocycles. The molecule has 0 saturated carbocycles. The van der Waals surface area contributed by atoms with Crippen LogP contribution < -0.4 is 5.32 Å². The van der Waals surface area contributed by atoms with Crippen molar-refractivity contribution in [2.75, 3.05) is 31.5 Å². The van der Waals surface area contributed by atoms with Crippen LogP contribution in [-0.4, -0.2) is 55.6 Å². The van der Waals surface area contributed by atoms with E-state index >= 15 is 0 Å². The SMILES string of the molecule is Cc1oc(C(=O)Nc2ccccc2C(=O)N2CCCCC2)cc1S(=O)(=O)N1CCCC1. The Kier molecular flexibility index (Phi) is 6.15. The summed E-state index contributed by atoms with van der Waals surface area (Å²) in [7, 11) is -3.69.